The summed E-state index contributed by atoms with van der Waals surface area (Å²) in [6.45, 7) is 0.380. The van der Waals surface area contributed by atoms with E-state index in [2.05, 4.69) is 20.4 Å². The Labute approximate surface area is 196 Å². The molecule has 3 aromatic carbocycles. The van der Waals surface area contributed by atoms with E-state index in [1.807, 2.05) is 48.5 Å². The SMILES string of the molecule is COC(=O)CCCOc1cccc(NC(=O)Cc2ccc3nc(Nc4ccccc4)oc3c2)c1. The molecule has 1 amide bonds. The van der Waals surface area contributed by atoms with Crippen LogP contribution in [0.1, 0.15) is 18.4 Å². The van der Waals surface area contributed by atoms with Gasteiger partial charge in [-0.15, -0.1) is 0 Å². The van der Waals surface area contributed by atoms with Gasteiger partial charge in [-0.2, -0.15) is 4.98 Å². The number of methoxy groups -OCH3 is 1. The molecule has 0 unspecified atom stereocenters. The van der Waals surface area contributed by atoms with Gasteiger partial charge in [0, 0.05) is 23.9 Å². The van der Waals surface area contributed by atoms with Crippen LogP contribution in [0.3, 0.4) is 0 Å². The first-order valence-corrected chi connectivity index (χ1v) is 10.9. The maximum atomic E-state index is 12.6. The van der Waals surface area contributed by atoms with Gasteiger partial charge in [0.15, 0.2) is 5.58 Å². The lowest BCUT2D eigenvalue weighted by molar-refractivity contribution is -0.140. The lowest BCUT2D eigenvalue weighted by Crippen LogP contribution is -2.14. The predicted molar refractivity (Wildman–Crippen MR) is 129 cm³/mol. The number of esters is 1. The van der Waals surface area contributed by atoms with Gasteiger partial charge in [-0.25, -0.2) is 0 Å². The summed E-state index contributed by atoms with van der Waals surface area (Å²) in [4.78, 5) is 28.2. The molecule has 174 valence electrons. The van der Waals surface area contributed by atoms with Gasteiger partial charge in [-0.05, 0) is 48.4 Å². The predicted octanol–water partition coefficient (Wildman–Crippen LogP) is 5.08. The summed E-state index contributed by atoms with van der Waals surface area (Å²) in [7, 11) is 1.36. The van der Waals surface area contributed by atoms with Crippen LogP contribution in [-0.4, -0.2) is 30.6 Å². The van der Waals surface area contributed by atoms with Crippen LogP contribution in [0, 0.1) is 0 Å². The molecule has 0 saturated heterocycles. The number of carbonyl (C=O) groups excluding carboxylic acids is 2. The highest BCUT2D eigenvalue weighted by Crippen LogP contribution is 2.24. The molecule has 4 aromatic rings. The third-order valence-corrected chi connectivity index (χ3v) is 4.98. The maximum absolute atomic E-state index is 12.6. The normalized spacial score (nSPS) is 10.6. The van der Waals surface area contributed by atoms with E-state index in [0.717, 1.165) is 11.3 Å². The Hall–Kier alpha value is -4.33. The molecule has 0 radical (unpaired) electrons. The van der Waals surface area contributed by atoms with E-state index in [4.69, 9.17) is 9.15 Å². The van der Waals surface area contributed by atoms with Crippen molar-refractivity contribution >= 4 is 40.4 Å². The molecule has 8 nitrogen and oxygen atoms in total. The van der Waals surface area contributed by atoms with Crippen molar-refractivity contribution in [1.29, 1.82) is 0 Å². The first-order valence-electron chi connectivity index (χ1n) is 10.9. The van der Waals surface area contributed by atoms with Crippen LogP contribution in [0.25, 0.3) is 11.1 Å². The summed E-state index contributed by atoms with van der Waals surface area (Å²) in [6.07, 6.45) is 1.03. The van der Waals surface area contributed by atoms with E-state index in [-0.39, 0.29) is 18.3 Å². The number of hydrogen-bond donors (Lipinski definition) is 2. The molecule has 0 atom stereocenters. The van der Waals surface area contributed by atoms with Crippen molar-refractivity contribution in [3.05, 3.63) is 78.4 Å². The Morgan fingerprint density at radius 1 is 0.971 bits per heavy atom. The third-order valence-electron chi connectivity index (χ3n) is 4.98. The Kier molecular flexibility index (Phi) is 7.39. The second-order valence-corrected chi connectivity index (χ2v) is 7.59. The number of amides is 1. The van der Waals surface area contributed by atoms with Crippen LogP contribution >= 0.6 is 0 Å². The van der Waals surface area contributed by atoms with Crippen molar-refractivity contribution in [3.63, 3.8) is 0 Å². The quantitative estimate of drug-likeness (QED) is 0.252. The van der Waals surface area contributed by atoms with Crippen LogP contribution in [0.4, 0.5) is 17.4 Å². The van der Waals surface area contributed by atoms with Crippen LogP contribution < -0.4 is 15.4 Å². The number of rotatable bonds is 10. The lowest BCUT2D eigenvalue weighted by Gasteiger charge is -2.09. The van der Waals surface area contributed by atoms with Gasteiger partial charge in [0.25, 0.3) is 6.01 Å². The molecule has 0 bridgehead atoms. The Bertz CT molecular complexity index is 1270. The number of carbonyl (C=O) groups is 2. The molecule has 34 heavy (non-hydrogen) atoms. The number of aromatic nitrogens is 1. The Balaban J connectivity index is 1.32. The van der Waals surface area contributed by atoms with Gasteiger partial charge >= 0.3 is 5.97 Å². The van der Waals surface area contributed by atoms with Crippen LogP contribution in [0.15, 0.2) is 77.2 Å². The molecule has 8 heteroatoms. The summed E-state index contributed by atoms with van der Waals surface area (Å²) >= 11 is 0. The maximum Gasteiger partial charge on any atom is 0.305 e. The zero-order chi connectivity index (χ0) is 23.8. The molecule has 1 heterocycles. The van der Waals surface area contributed by atoms with Gasteiger partial charge in [0.1, 0.15) is 11.3 Å². The number of ether oxygens (including phenoxy) is 2. The first kappa shape index (κ1) is 22.8. The lowest BCUT2D eigenvalue weighted by atomic mass is 10.1. The molecule has 0 aliphatic heterocycles. The minimum Gasteiger partial charge on any atom is -0.494 e. The molecule has 0 fully saturated rings. The van der Waals surface area contributed by atoms with E-state index in [0.29, 0.717) is 48.0 Å². The zero-order valence-electron chi connectivity index (χ0n) is 18.7. The summed E-state index contributed by atoms with van der Waals surface area (Å²) in [5, 5.41) is 6.01. The molecule has 0 spiro atoms. The first-order chi connectivity index (χ1) is 16.6. The monoisotopic (exact) mass is 459 g/mol. The molecule has 4 rings (SSSR count). The molecule has 0 aliphatic carbocycles. The number of nitrogens with one attached hydrogen (secondary N) is 2. The molecule has 1 aromatic heterocycles. The van der Waals surface area contributed by atoms with Crippen molar-refractivity contribution < 1.29 is 23.5 Å². The third kappa shape index (κ3) is 6.35. The Morgan fingerprint density at radius 2 is 1.79 bits per heavy atom. The average molecular weight is 460 g/mol. The average Bonchev–Trinajstić information content (AvgIpc) is 3.24. The second-order valence-electron chi connectivity index (χ2n) is 7.59. The topological polar surface area (TPSA) is 103 Å². The minimum atomic E-state index is -0.267. The number of benzene rings is 3. The number of nitrogens with zero attached hydrogens (tertiary/aromatic N) is 1. The number of hydrogen-bond acceptors (Lipinski definition) is 7. The van der Waals surface area contributed by atoms with Gasteiger partial charge in [0.05, 0.1) is 20.1 Å². The minimum absolute atomic E-state index is 0.163. The smallest absolute Gasteiger partial charge is 0.305 e. The van der Waals surface area contributed by atoms with E-state index in [9.17, 15) is 9.59 Å². The zero-order valence-corrected chi connectivity index (χ0v) is 18.7. The van der Waals surface area contributed by atoms with Crippen molar-refractivity contribution in [1.82, 2.24) is 4.98 Å². The summed E-state index contributed by atoms with van der Waals surface area (Å²) in [5.74, 6) is 0.186. The van der Waals surface area contributed by atoms with Crippen LogP contribution in [0.5, 0.6) is 5.75 Å². The molecular weight excluding hydrogens is 434 g/mol. The Morgan fingerprint density at radius 3 is 2.62 bits per heavy atom. The largest absolute Gasteiger partial charge is 0.494 e. The van der Waals surface area contributed by atoms with Gasteiger partial charge in [-0.3, -0.25) is 9.59 Å². The molecular formula is C26H25N3O5. The fraction of sp³-hybridized carbons (Fsp3) is 0.192. The van der Waals surface area contributed by atoms with Crippen molar-refractivity contribution in [3.8, 4) is 5.75 Å². The fourth-order valence-electron chi connectivity index (χ4n) is 3.34. The number of fused-ring (bicyclic) bond motifs is 1. The fourth-order valence-corrected chi connectivity index (χ4v) is 3.34. The van der Waals surface area contributed by atoms with E-state index in [1.165, 1.54) is 7.11 Å². The van der Waals surface area contributed by atoms with Crippen LogP contribution in [0.2, 0.25) is 0 Å². The number of anilines is 3. The standard InChI is InChI=1S/C26H25N3O5/c1-32-25(31)11-6-14-33-21-10-5-9-20(17-21)27-24(30)16-18-12-13-22-23(15-18)34-26(29-22)28-19-7-3-2-4-8-19/h2-5,7-10,12-13,15,17H,6,11,14,16H2,1H3,(H,27,30)(H,28,29). The highest BCUT2D eigenvalue weighted by atomic mass is 16.5. The van der Waals surface area contributed by atoms with E-state index < -0.39 is 0 Å². The van der Waals surface area contributed by atoms with Gasteiger partial charge < -0.3 is 24.5 Å². The molecule has 0 aliphatic rings. The molecule has 0 saturated carbocycles. The van der Waals surface area contributed by atoms with Gasteiger partial charge in [0.2, 0.25) is 5.91 Å². The highest BCUT2D eigenvalue weighted by Gasteiger charge is 2.10. The second kappa shape index (κ2) is 11.0. The van der Waals surface area contributed by atoms with Crippen molar-refractivity contribution in [2.75, 3.05) is 24.4 Å². The summed E-state index contributed by atoms with van der Waals surface area (Å²) in [6, 6.07) is 22.7. The van der Waals surface area contributed by atoms with E-state index in [1.54, 1.807) is 24.3 Å². The number of oxazole rings is 1. The van der Waals surface area contributed by atoms with Crippen molar-refractivity contribution in [2.24, 2.45) is 0 Å². The summed E-state index contributed by atoms with van der Waals surface area (Å²) in [5.41, 5.74) is 3.63. The molecule has 2 N–H and O–H groups in total. The van der Waals surface area contributed by atoms with Crippen molar-refractivity contribution in [2.45, 2.75) is 19.3 Å². The van der Waals surface area contributed by atoms with E-state index >= 15 is 0 Å². The van der Waals surface area contributed by atoms with Gasteiger partial charge in [-0.1, -0.05) is 30.3 Å². The highest BCUT2D eigenvalue weighted by molar-refractivity contribution is 5.93. The number of para-hydroxylation sites is 1. The van der Waals surface area contributed by atoms with Crippen LogP contribution in [-0.2, 0) is 20.7 Å². The summed E-state index contributed by atoms with van der Waals surface area (Å²) < 4.78 is 16.1.